The predicted octanol–water partition coefficient (Wildman–Crippen LogP) is 2.56. The third-order valence-electron chi connectivity index (χ3n) is 3.60. The molecule has 0 spiro atoms. The first-order chi connectivity index (χ1) is 6.86. The van der Waals surface area contributed by atoms with Gasteiger partial charge in [-0.25, -0.2) is 0 Å². The smallest absolute Gasteiger partial charge is 0.138 e. The lowest BCUT2D eigenvalue weighted by Crippen LogP contribution is -2.19. The van der Waals surface area contributed by atoms with E-state index in [1.54, 1.807) is 0 Å². The minimum atomic E-state index is 0.233. The zero-order valence-corrected chi connectivity index (χ0v) is 8.84. The van der Waals surface area contributed by atoms with Crippen molar-refractivity contribution in [3.8, 4) is 0 Å². The zero-order chi connectivity index (χ0) is 9.80. The van der Waals surface area contributed by atoms with Gasteiger partial charge in [-0.3, -0.25) is 4.79 Å². The number of rotatable bonds is 3. The van der Waals surface area contributed by atoms with Crippen LogP contribution in [0.3, 0.4) is 0 Å². The zero-order valence-electron chi connectivity index (χ0n) is 8.84. The van der Waals surface area contributed by atoms with E-state index in [0.717, 1.165) is 19.4 Å². The Balaban J connectivity index is 1.75. The summed E-state index contributed by atoms with van der Waals surface area (Å²) in [4.78, 5) is 11.8. The molecule has 0 aromatic carbocycles. The monoisotopic (exact) mass is 196 g/mol. The quantitative estimate of drug-likeness (QED) is 0.693. The van der Waals surface area contributed by atoms with Gasteiger partial charge in [0.2, 0.25) is 0 Å². The van der Waals surface area contributed by atoms with Crippen molar-refractivity contribution in [1.82, 2.24) is 0 Å². The highest BCUT2D eigenvalue weighted by Crippen LogP contribution is 2.28. The number of ketones is 1. The number of hydrogen-bond acceptors (Lipinski definition) is 2. The fourth-order valence-corrected chi connectivity index (χ4v) is 2.63. The van der Waals surface area contributed by atoms with Gasteiger partial charge >= 0.3 is 0 Å². The van der Waals surface area contributed by atoms with Gasteiger partial charge in [0.15, 0.2) is 0 Å². The van der Waals surface area contributed by atoms with Crippen LogP contribution in [0.5, 0.6) is 0 Å². The van der Waals surface area contributed by atoms with E-state index in [4.69, 9.17) is 4.74 Å². The van der Waals surface area contributed by atoms with Crippen LogP contribution in [0, 0.1) is 11.8 Å². The van der Waals surface area contributed by atoms with Crippen LogP contribution in [0.4, 0.5) is 0 Å². The van der Waals surface area contributed by atoms with Gasteiger partial charge in [0.1, 0.15) is 5.78 Å². The van der Waals surface area contributed by atoms with Crippen molar-refractivity contribution in [2.75, 3.05) is 13.2 Å². The van der Waals surface area contributed by atoms with E-state index < -0.39 is 0 Å². The van der Waals surface area contributed by atoms with Crippen LogP contribution in [0.15, 0.2) is 0 Å². The maximum Gasteiger partial charge on any atom is 0.138 e. The molecule has 0 bridgehead atoms. The Hall–Kier alpha value is -0.370. The van der Waals surface area contributed by atoms with E-state index >= 15 is 0 Å². The third-order valence-corrected chi connectivity index (χ3v) is 3.60. The molecule has 1 unspecified atom stereocenters. The van der Waals surface area contributed by atoms with Crippen LogP contribution in [0.1, 0.15) is 44.9 Å². The van der Waals surface area contributed by atoms with Gasteiger partial charge in [-0.2, -0.15) is 0 Å². The minimum absolute atomic E-state index is 0.233. The van der Waals surface area contributed by atoms with E-state index in [1.807, 2.05) is 0 Å². The van der Waals surface area contributed by atoms with E-state index in [1.165, 1.54) is 32.1 Å². The second-order valence-electron chi connectivity index (χ2n) is 4.73. The van der Waals surface area contributed by atoms with Crippen LogP contribution >= 0.6 is 0 Å². The molecule has 2 fully saturated rings. The maximum absolute atomic E-state index is 11.8. The molecule has 0 amide bonds. The first-order valence-corrected chi connectivity index (χ1v) is 5.96. The number of carbonyl (C=O) groups excluding carboxylic acids is 1. The Kier molecular flexibility index (Phi) is 3.57. The summed E-state index contributed by atoms with van der Waals surface area (Å²) in [5.74, 6) is 1.39. The number of Topliss-reactive ketones (excluding diaryl/α,β-unsaturated/α-hetero) is 1. The molecule has 2 rings (SSSR count). The molecule has 14 heavy (non-hydrogen) atoms. The fraction of sp³-hybridized carbons (Fsp3) is 0.917. The Labute approximate surface area is 86.0 Å². The Morgan fingerprint density at radius 2 is 1.93 bits per heavy atom. The van der Waals surface area contributed by atoms with Crippen molar-refractivity contribution in [3.05, 3.63) is 0 Å². The predicted molar refractivity (Wildman–Crippen MR) is 55.1 cm³/mol. The molecule has 1 aliphatic heterocycles. The highest BCUT2D eigenvalue weighted by atomic mass is 16.5. The lowest BCUT2D eigenvalue weighted by molar-refractivity contribution is -0.124. The van der Waals surface area contributed by atoms with Crippen molar-refractivity contribution in [2.45, 2.75) is 44.9 Å². The normalized spacial score (nSPS) is 29.3. The van der Waals surface area contributed by atoms with Gasteiger partial charge in [-0.05, 0) is 12.3 Å². The molecular weight excluding hydrogens is 176 g/mol. The molecule has 0 aromatic heterocycles. The topological polar surface area (TPSA) is 26.3 Å². The van der Waals surface area contributed by atoms with E-state index in [9.17, 15) is 4.79 Å². The Morgan fingerprint density at radius 3 is 2.57 bits per heavy atom. The molecule has 1 aliphatic carbocycles. The van der Waals surface area contributed by atoms with Crippen molar-refractivity contribution in [3.63, 3.8) is 0 Å². The molecule has 0 N–H and O–H groups in total. The molecule has 0 radical (unpaired) electrons. The number of ether oxygens (including phenoxy) is 1. The lowest BCUT2D eigenvalue weighted by Gasteiger charge is -2.21. The SMILES string of the molecule is O=C(CC1CCCCC1)C1CCOC1. The van der Waals surface area contributed by atoms with Crippen LogP contribution in [-0.2, 0) is 9.53 Å². The van der Waals surface area contributed by atoms with Gasteiger partial charge in [0, 0.05) is 18.9 Å². The van der Waals surface area contributed by atoms with Gasteiger partial charge < -0.3 is 4.74 Å². The van der Waals surface area contributed by atoms with Crippen molar-refractivity contribution in [2.24, 2.45) is 11.8 Å². The van der Waals surface area contributed by atoms with Gasteiger partial charge in [-0.1, -0.05) is 32.1 Å². The number of carbonyl (C=O) groups is 1. The first kappa shape index (κ1) is 10.2. The molecule has 2 aliphatic rings. The van der Waals surface area contributed by atoms with Crippen LogP contribution < -0.4 is 0 Å². The van der Waals surface area contributed by atoms with Crippen molar-refractivity contribution in [1.29, 1.82) is 0 Å². The highest BCUT2D eigenvalue weighted by molar-refractivity contribution is 5.81. The molecule has 1 atom stereocenters. The van der Waals surface area contributed by atoms with Crippen LogP contribution in [0.25, 0.3) is 0 Å². The molecule has 1 saturated carbocycles. The Bertz CT molecular complexity index is 188. The highest BCUT2D eigenvalue weighted by Gasteiger charge is 2.26. The lowest BCUT2D eigenvalue weighted by atomic mass is 9.83. The van der Waals surface area contributed by atoms with E-state index in [0.29, 0.717) is 18.3 Å². The molecular formula is C12H20O2. The molecule has 2 nitrogen and oxygen atoms in total. The summed E-state index contributed by atoms with van der Waals surface area (Å²) < 4.78 is 5.25. The summed E-state index contributed by atoms with van der Waals surface area (Å²) in [6, 6.07) is 0. The van der Waals surface area contributed by atoms with Crippen LogP contribution in [-0.4, -0.2) is 19.0 Å². The summed E-state index contributed by atoms with van der Waals surface area (Å²) in [5, 5.41) is 0. The average molecular weight is 196 g/mol. The first-order valence-electron chi connectivity index (χ1n) is 5.96. The van der Waals surface area contributed by atoms with Gasteiger partial charge in [0.05, 0.1) is 6.61 Å². The number of hydrogen-bond donors (Lipinski definition) is 0. The minimum Gasteiger partial charge on any atom is -0.381 e. The summed E-state index contributed by atoms with van der Waals surface area (Å²) in [5.41, 5.74) is 0. The maximum atomic E-state index is 11.8. The summed E-state index contributed by atoms with van der Waals surface area (Å²) in [7, 11) is 0. The molecule has 0 aromatic rings. The van der Waals surface area contributed by atoms with E-state index in [-0.39, 0.29) is 5.92 Å². The standard InChI is InChI=1S/C12H20O2/c13-12(11-6-7-14-9-11)8-10-4-2-1-3-5-10/h10-11H,1-9H2. The summed E-state index contributed by atoms with van der Waals surface area (Å²) in [6.07, 6.45) is 8.38. The Morgan fingerprint density at radius 1 is 1.14 bits per heavy atom. The summed E-state index contributed by atoms with van der Waals surface area (Å²) >= 11 is 0. The fourth-order valence-electron chi connectivity index (χ4n) is 2.63. The third kappa shape index (κ3) is 2.57. The molecule has 1 heterocycles. The largest absolute Gasteiger partial charge is 0.381 e. The van der Waals surface area contributed by atoms with Crippen molar-refractivity contribution >= 4 is 5.78 Å². The summed E-state index contributed by atoms with van der Waals surface area (Å²) in [6.45, 7) is 1.48. The second-order valence-corrected chi connectivity index (χ2v) is 4.73. The molecule has 2 heteroatoms. The van der Waals surface area contributed by atoms with Crippen LogP contribution in [0.2, 0.25) is 0 Å². The molecule has 1 saturated heterocycles. The van der Waals surface area contributed by atoms with Gasteiger partial charge in [0.25, 0.3) is 0 Å². The average Bonchev–Trinajstić information content (AvgIpc) is 2.72. The molecule has 80 valence electrons. The van der Waals surface area contributed by atoms with Gasteiger partial charge in [-0.15, -0.1) is 0 Å². The van der Waals surface area contributed by atoms with Crippen molar-refractivity contribution < 1.29 is 9.53 Å². The second kappa shape index (κ2) is 4.92. The van der Waals surface area contributed by atoms with E-state index in [2.05, 4.69) is 0 Å².